The zero-order valence-electron chi connectivity index (χ0n) is 20.1. The van der Waals surface area contributed by atoms with Crippen molar-refractivity contribution in [1.82, 2.24) is 9.55 Å². The highest BCUT2D eigenvalue weighted by Crippen LogP contribution is 2.41. The van der Waals surface area contributed by atoms with Crippen LogP contribution >= 0.6 is 0 Å². The van der Waals surface area contributed by atoms with Crippen LogP contribution in [0.4, 0.5) is 0 Å². The molecule has 0 N–H and O–H groups in total. The van der Waals surface area contributed by atoms with E-state index in [0.717, 1.165) is 24.2 Å². The average molecular weight is 433 g/mol. The Kier molecular flexibility index (Phi) is 4.45. The quantitative estimate of drug-likeness (QED) is 0.297. The molecular formula is C30H30N3+. The first-order chi connectivity index (χ1) is 15.9. The van der Waals surface area contributed by atoms with Crippen molar-refractivity contribution in [1.29, 1.82) is 0 Å². The largest absolute Gasteiger partial charge is 0.295 e. The number of aromatic nitrogens is 3. The van der Waals surface area contributed by atoms with Crippen LogP contribution in [0.15, 0.2) is 60.7 Å². The van der Waals surface area contributed by atoms with Gasteiger partial charge in [0, 0.05) is 23.9 Å². The van der Waals surface area contributed by atoms with Crippen LogP contribution in [-0.2, 0) is 19.9 Å². The van der Waals surface area contributed by atoms with Crippen molar-refractivity contribution in [3.8, 4) is 16.9 Å². The average Bonchev–Trinajstić information content (AvgIpc) is 3.31. The van der Waals surface area contributed by atoms with Crippen molar-refractivity contribution in [2.75, 3.05) is 0 Å². The summed E-state index contributed by atoms with van der Waals surface area (Å²) in [5, 5.41) is 1.35. The fourth-order valence-corrected chi connectivity index (χ4v) is 5.65. The standard InChI is InChI=1S/C30H30N3/c1-18(2)15-21-9-8-12-25-23(21)13-14-27(32(25)5)29-20(4)19(3)16-22-17-28-31-24-10-6-7-11-26(24)33(28)30(22)29/h6-14,16,18H,15,17H2,1-5H3/q+1. The molecule has 0 amide bonds. The van der Waals surface area contributed by atoms with Gasteiger partial charge in [0.25, 0.3) is 0 Å². The molecule has 3 heteroatoms. The molecule has 0 saturated heterocycles. The maximum atomic E-state index is 4.97. The Hall–Kier alpha value is -3.46. The highest BCUT2D eigenvalue weighted by Gasteiger charge is 2.31. The highest BCUT2D eigenvalue weighted by atomic mass is 15.1. The Morgan fingerprint density at radius 1 is 1.00 bits per heavy atom. The van der Waals surface area contributed by atoms with Crippen molar-refractivity contribution in [3.63, 3.8) is 0 Å². The molecule has 0 aliphatic carbocycles. The molecule has 3 aromatic carbocycles. The van der Waals surface area contributed by atoms with Gasteiger partial charge in [0.2, 0.25) is 11.2 Å². The number of benzene rings is 3. The number of para-hydroxylation sites is 2. The van der Waals surface area contributed by atoms with E-state index in [4.69, 9.17) is 4.98 Å². The summed E-state index contributed by atoms with van der Waals surface area (Å²) < 4.78 is 4.78. The summed E-state index contributed by atoms with van der Waals surface area (Å²) in [5.74, 6) is 1.77. The number of aryl methyl sites for hydroxylation is 2. The Labute approximate surface area is 195 Å². The Bertz CT molecular complexity index is 1570. The molecule has 0 bridgehead atoms. The molecule has 0 radical (unpaired) electrons. The third-order valence-electron chi connectivity index (χ3n) is 7.29. The van der Waals surface area contributed by atoms with Crippen molar-refractivity contribution < 1.29 is 4.57 Å². The van der Waals surface area contributed by atoms with Gasteiger partial charge in [-0.2, -0.15) is 4.57 Å². The van der Waals surface area contributed by atoms with E-state index in [0.29, 0.717) is 5.92 Å². The van der Waals surface area contributed by atoms with Gasteiger partial charge in [0.15, 0.2) is 0 Å². The van der Waals surface area contributed by atoms with Crippen LogP contribution in [0.25, 0.3) is 38.9 Å². The molecule has 3 heterocycles. The summed E-state index contributed by atoms with van der Waals surface area (Å²) in [6.45, 7) is 9.08. The topological polar surface area (TPSA) is 21.7 Å². The van der Waals surface area contributed by atoms with Gasteiger partial charge < -0.3 is 0 Å². The summed E-state index contributed by atoms with van der Waals surface area (Å²) in [4.78, 5) is 4.97. The van der Waals surface area contributed by atoms with Crippen molar-refractivity contribution >= 4 is 21.9 Å². The molecule has 3 nitrogen and oxygen atoms in total. The number of hydrogen-bond acceptors (Lipinski definition) is 1. The molecular weight excluding hydrogens is 402 g/mol. The lowest BCUT2D eigenvalue weighted by molar-refractivity contribution is -0.633. The summed E-state index contributed by atoms with van der Waals surface area (Å²) >= 11 is 0. The molecule has 0 saturated carbocycles. The first kappa shape index (κ1) is 20.2. The molecule has 1 aliphatic rings. The van der Waals surface area contributed by atoms with Gasteiger partial charge in [-0.05, 0) is 66.6 Å². The number of imidazole rings is 1. The number of fused-ring (bicyclic) bond motifs is 6. The first-order valence-electron chi connectivity index (χ1n) is 11.9. The molecule has 0 unspecified atom stereocenters. The monoisotopic (exact) mass is 432 g/mol. The van der Waals surface area contributed by atoms with Gasteiger partial charge in [0.1, 0.15) is 12.9 Å². The minimum Gasteiger partial charge on any atom is -0.295 e. The van der Waals surface area contributed by atoms with Gasteiger partial charge in [-0.25, -0.2) is 4.98 Å². The number of pyridine rings is 1. The Morgan fingerprint density at radius 3 is 2.64 bits per heavy atom. The van der Waals surface area contributed by atoms with Gasteiger partial charge in [0.05, 0.1) is 22.3 Å². The smallest absolute Gasteiger partial charge is 0.215 e. The molecule has 6 rings (SSSR count). The predicted octanol–water partition coefficient (Wildman–Crippen LogP) is 6.39. The van der Waals surface area contributed by atoms with Crippen LogP contribution in [0.2, 0.25) is 0 Å². The number of rotatable bonds is 3. The van der Waals surface area contributed by atoms with Crippen LogP contribution in [0.1, 0.15) is 41.9 Å². The molecule has 0 atom stereocenters. The SMILES string of the molecule is Cc1cc2c(c(-c3ccc4c(CC(C)C)cccc4[n+]3C)c1C)-n1c(nc3ccccc31)C2. The normalized spacial score (nSPS) is 12.7. The maximum absolute atomic E-state index is 4.97. The fraction of sp³-hybridized carbons (Fsp3) is 0.267. The molecule has 33 heavy (non-hydrogen) atoms. The van der Waals surface area contributed by atoms with E-state index in [1.807, 2.05) is 0 Å². The van der Waals surface area contributed by atoms with E-state index in [1.54, 1.807) is 0 Å². The highest BCUT2D eigenvalue weighted by molar-refractivity contribution is 5.87. The van der Waals surface area contributed by atoms with E-state index < -0.39 is 0 Å². The first-order valence-corrected chi connectivity index (χ1v) is 11.9. The number of hydrogen-bond donors (Lipinski definition) is 0. The van der Waals surface area contributed by atoms with E-state index in [-0.39, 0.29) is 0 Å². The van der Waals surface area contributed by atoms with Crippen molar-refractivity contribution in [2.45, 2.75) is 40.5 Å². The second-order valence-corrected chi connectivity index (χ2v) is 9.96. The van der Waals surface area contributed by atoms with Crippen LogP contribution in [0.3, 0.4) is 0 Å². The van der Waals surface area contributed by atoms with Gasteiger partial charge >= 0.3 is 0 Å². The Morgan fingerprint density at radius 2 is 1.82 bits per heavy atom. The lowest BCUT2D eigenvalue weighted by atomic mass is 9.93. The van der Waals surface area contributed by atoms with Gasteiger partial charge in [-0.3, -0.25) is 4.57 Å². The van der Waals surface area contributed by atoms with Crippen LogP contribution in [0.5, 0.6) is 0 Å². The minimum absolute atomic E-state index is 0.635. The maximum Gasteiger partial charge on any atom is 0.215 e. The van der Waals surface area contributed by atoms with E-state index in [1.165, 1.54) is 55.6 Å². The Balaban J connectivity index is 1.66. The van der Waals surface area contributed by atoms with Crippen molar-refractivity contribution in [2.24, 2.45) is 13.0 Å². The van der Waals surface area contributed by atoms with Crippen LogP contribution < -0.4 is 4.57 Å². The second-order valence-electron chi connectivity index (χ2n) is 9.96. The van der Waals surface area contributed by atoms with E-state index in [9.17, 15) is 0 Å². The molecule has 5 aromatic rings. The summed E-state index contributed by atoms with van der Waals surface area (Å²) in [7, 11) is 2.22. The number of nitrogens with zero attached hydrogens (tertiary/aromatic N) is 3. The zero-order valence-corrected chi connectivity index (χ0v) is 20.1. The van der Waals surface area contributed by atoms with E-state index in [2.05, 4.69) is 105 Å². The minimum atomic E-state index is 0.635. The molecule has 0 fully saturated rings. The second kappa shape index (κ2) is 7.28. The molecule has 1 aliphatic heterocycles. The third kappa shape index (κ3) is 2.95. The molecule has 0 spiro atoms. The zero-order chi connectivity index (χ0) is 22.9. The summed E-state index contributed by atoms with van der Waals surface area (Å²) in [6, 6.07) is 22.3. The van der Waals surface area contributed by atoms with Crippen LogP contribution in [0, 0.1) is 19.8 Å². The molecule has 2 aromatic heterocycles. The van der Waals surface area contributed by atoms with E-state index >= 15 is 0 Å². The third-order valence-corrected chi connectivity index (χ3v) is 7.29. The molecule has 164 valence electrons. The summed E-state index contributed by atoms with van der Waals surface area (Å²) in [6.07, 6.45) is 1.98. The lowest BCUT2D eigenvalue weighted by Gasteiger charge is -2.16. The van der Waals surface area contributed by atoms with Crippen molar-refractivity contribution in [3.05, 3.63) is 88.7 Å². The fourth-order valence-electron chi connectivity index (χ4n) is 5.65. The van der Waals surface area contributed by atoms with Crippen LogP contribution in [-0.4, -0.2) is 9.55 Å². The summed E-state index contributed by atoms with van der Waals surface area (Å²) in [5.41, 5.74) is 12.9. The lowest BCUT2D eigenvalue weighted by Crippen LogP contribution is -2.33. The van der Waals surface area contributed by atoms with Gasteiger partial charge in [-0.15, -0.1) is 0 Å². The van der Waals surface area contributed by atoms with Gasteiger partial charge in [-0.1, -0.05) is 44.2 Å². The predicted molar refractivity (Wildman–Crippen MR) is 136 cm³/mol.